The van der Waals surface area contributed by atoms with Crippen LogP contribution in [-0.2, 0) is 13.1 Å². The molecule has 0 bridgehead atoms. The van der Waals surface area contributed by atoms with E-state index in [4.69, 9.17) is 11.6 Å². The van der Waals surface area contributed by atoms with Gasteiger partial charge in [0.2, 0.25) is 0 Å². The van der Waals surface area contributed by atoms with Gasteiger partial charge in [-0.2, -0.15) is 4.68 Å². The number of aryl methyl sites for hydroxylation is 1. The third-order valence-corrected chi connectivity index (χ3v) is 3.84. The molecule has 0 atom stereocenters. The minimum atomic E-state index is -0.298. The lowest BCUT2D eigenvalue weighted by atomic mass is 10.2. The predicted octanol–water partition coefficient (Wildman–Crippen LogP) is 2.62. The lowest BCUT2D eigenvalue weighted by Crippen LogP contribution is -2.35. The molecule has 0 spiro atoms. The number of benzene rings is 2. The largest absolute Gasteiger partial charge is 0.334 e. The number of aromatic nitrogens is 4. The van der Waals surface area contributed by atoms with E-state index in [0.29, 0.717) is 17.4 Å². The Labute approximate surface area is 150 Å². The first kappa shape index (κ1) is 16.9. The van der Waals surface area contributed by atoms with Crippen molar-refractivity contribution in [3.05, 3.63) is 70.5 Å². The number of hydrogen-bond donors (Lipinski definition) is 2. The second kappa shape index (κ2) is 7.76. The maximum Gasteiger partial charge on any atom is 0.315 e. The van der Waals surface area contributed by atoms with Crippen molar-refractivity contribution in [1.29, 1.82) is 0 Å². The molecule has 0 aliphatic carbocycles. The summed E-state index contributed by atoms with van der Waals surface area (Å²) in [5.74, 6) is 0.547. The van der Waals surface area contributed by atoms with Crippen molar-refractivity contribution < 1.29 is 4.79 Å². The zero-order valence-corrected chi connectivity index (χ0v) is 14.4. The maximum atomic E-state index is 11.9. The number of carbonyl (C=O) groups excluding carboxylic acids is 1. The molecule has 3 aromatic rings. The van der Waals surface area contributed by atoms with Gasteiger partial charge in [0.1, 0.15) is 0 Å². The van der Waals surface area contributed by atoms with E-state index in [-0.39, 0.29) is 12.6 Å². The topological polar surface area (TPSA) is 84.7 Å². The fraction of sp³-hybridized carbons (Fsp3) is 0.176. The normalized spacial score (nSPS) is 10.5. The minimum Gasteiger partial charge on any atom is -0.334 e. The van der Waals surface area contributed by atoms with Crippen LogP contribution in [0.2, 0.25) is 5.02 Å². The zero-order valence-electron chi connectivity index (χ0n) is 13.6. The first-order valence-electron chi connectivity index (χ1n) is 7.72. The van der Waals surface area contributed by atoms with E-state index >= 15 is 0 Å². The number of nitrogens with zero attached hydrogens (tertiary/aromatic N) is 4. The average molecular weight is 357 g/mol. The molecule has 8 heteroatoms. The van der Waals surface area contributed by atoms with Crippen molar-refractivity contribution in [2.45, 2.75) is 20.0 Å². The number of rotatable bonds is 5. The van der Waals surface area contributed by atoms with Crippen molar-refractivity contribution in [2.24, 2.45) is 0 Å². The molecule has 0 aliphatic heterocycles. The van der Waals surface area contributed by atoms with Gasteiger partial charge >= 0.3 is 6.03 Å². The molecule has 2 N–H and O–H groups in total. The number of amides is 2. The van der Waals surface area contributed by atoms with Crippen LogP contribution >= 0.6 is 11.6 Å². The molecule has 128 valence electrons. The van der Waals surface area contributed by atoms with Crippen molar-refractivity contribution >= 4 is 17.6 Å². The van der Waals surface area contributed by atoms with Crippen molar-refractivity contribution in [3.8, 4) is 5.69 Å². The molecular formula is C17H17ClN6O. The van der Waals surface area contributed by atoms with Crippen LogP contribution in [-0.4, -0.2) is 26.2 Å². The molecule has 2 aromatic carbocycles. The molecule has 0 radical (unpaired) electrons. The van der Waals surface area contributed by atoms with Crippen LogP contribution in [0, 0.1) is 6.92 Å². The van der Waals surface area contributed by atoms with Crippen LogP contribution in [0.15, 0.2) is 48.5 Å². The van der Waals surface area contributed by atoms with Gasteiger partial charge in [0, 0.05) is 11.6 Å². The molecule has 0 unspecified atom stereocenters. The van der Waals surface area contributed by atoms with Gasteiger partial charge in [-0.25, -0.2) is 4.79 Å². The summed E-state index contributed by atoms with van der Waals surface area (Å²) < 4.78 is 1.60. The molecular weight excluding hydrogens is 340 g/mol. The number of nitrogens with one attached hydrogen (secondary N) is 2. The zero-order chi connectivity index (χ0) is 17.6. The van der Waals surface area contributed by atoms with E-state index < -0.39 is 0 Å². The highest BCUT2D eigenvalue weighted by atomic mass is 35.5. The number of urea groups is 1. The van der Waals surface area contributed by atoms with Crippen molar-refractivity contribution in [1.82, 2.24) is 30.8 Å². The summed E-state index contributed by atoms with van der Waals surface area (Å²) in [4.78, 5) is 11.9. The smallest absolute Gasteiger partial charge is 0.315 e. The maximum absolute atomic E-state index is 11.9. The van der Waals surface area contributed by atoms with Crippen LogP contribution in [0.5, 0.6) is 0 Å². The van der Waals surface area contributed by atoms with Crippen LogP contribution < -0.4 is 10.6 Å². The Hall–Kier alpha value is -2.93. The Morgan fingerprint density at radius 2 is 1.72 bits per heavy atom. The van der Waals surface area contributed by atoms with Gasteiger partial charge < -0.3 is 10.6 Å². The highest BCUT2D eigenvalue weighted by molar-refractivity contribution is 6.30. The minimum absolute atomic E-state index is 0.216. The van der Waals surface area contributed by atoms with Crippen LogP contribution in [0.1, 0.15) is 17.0 Å². The molecule has 0 saturated carbocycles. The molecule has 2 amide bonds. The number of carbonyl (C=O) groups is 1. The Morgan fingerprint density at radius 1 is 1.04 bits per heavy atom. The SMILES string of the molecule is Cc1ccc(-n2nnnc2CNC(=O)NCc2ccc(Cl)cc2)cc1. The van der Waals surface area contributed by atoms with E-state index in [9.17, 15) is 4.79 Å². The summed E-state index contributed by atoms with van der Waals surface area (Å²) in [5, 5.41) is 17.8. The van der Waals surface area contributed by atoms with Crippen molar-refractivity contribution in [3.63, 3.8) is 0 Å². The van der Waals surface area contributed by atoms with Crippen LogP contribution in [0.25, 0.3) is 5.69 Å². The number of halogens is 1. The predicted molar refractivity (Wildman–Crippen MR) is 94.4 cm³/mol. The average Bonchev–Trinajstić information content (AvgIpc) is 3.09. The van der Waals surface area contributed by atoms with Crippen LogP contribution in [0.4, 0.5) is 4.79 Å². The molecule has 1 heterocycles. The molecule has 0 fully saturated rings. The van der Waals surface area contributed by atoms with E-state index in [1.165, 1.54) is 0 Å². The Kier molecular flexibility index (Phi) is 5.25. The van der Waals surface area contributed by atoms with Gasteiger partial charge in [-0.05, 0) is 47.2 Å². The first-order valence-corrected chi connectivity index (χ1v) is 8.10. The third-order valence-electron chi connectivity index (χ3n) is 3.59. The van der Waals surface area contributed by atoms with E-state index in [0.717, 1.165) is 16.8 Å². The highest BCUT2D eigenvalue weighted by Crippen LogP contribution is 2.10. The lowest BCUT2D eigenvalue weighted by Gasteiger charge is -2.08. The first-order chi connectivity index (χ1) is 12.1. The lowest BCUT2D eigenvalue weighted by molar-refractivity contribution is 0.240. The van der Waals surface area contributed by atoms with Gasteiger partial charge in [0.25, 0.3) is 0 Å². The summed E-state index contributed by atoms with van der Waals surface area (Å²) in [6.07, 6.45) is 0. The van der Waals surface area contributed by atoms with Crippen LogP contribution in [0.3, 0.4) is 0 Å². The van der Waals surface area contributed by atoms with Crippen molar-refractivity contribution in [2.75, 3.05) is 0 Å². The molecule has 7 nitrogen and oxygen atoms in total. The Bertz CT molecular complexity index is 844. The fourth-order valence-electron chi connectivity index (χ4n) is 2.21. The van der Waals surface area contributed by atoms with E-state index in [2.05, 4.69) is 26.2 Å². The second-order valence-electron chi connectivity index (χ2n) is 5.51. The number of tetrazole rings is 1. The highest BCUT2D eigenvalue weighted by Gasteiger charge is 2.09. The van der Waals surface area contributed by atoms with Gasteiger partial charge in [-0.15, -0.1) is 5.10 Å². The molecule has 3 rings (SSSR count). The van der Waals surface area contributed by atoms with E-state index in [1.54, 1.807) is 16.8 Å². The molecule has 0 saturated heterocycles. The molecule has 0 aliphatic rings. The summed E-state index contributed by atoms with van der Waals surface area (Å²) in [5.41, 5.74) is 2.95. The van der Waals surface area contributed by atoms with Gasteiger partial charge in [-0.3, -0.25) is 0 Å². The molecule has 25 heavy (non-hydrogen) atoms. The van der Waals surface area contributed by atoms with Gasteiger partial charge in [-0.1, -0.05) is 41.4 Å². The quantitative estimate of drug-likeness (QED) is 0.736. The van der Waals surface area contributed by atoms with Gasteiger partial charge in [0.15, 0.2) is 5.82 Å². The third kappa shape index (κ3) is 4.54. The fourth-order valence-corrected chi connectivity index (χ4v) is 2.33. The summed E-state index contributed by atoms with van der Waals surface area (Å²) in [7, 11) is 0. The molecule has 1 aromatic heterocycles. The van der Waals surface area contributed by atoms with Gasteiger partial charge in [0.05, 0.1) is 12.2 Å². The number of hydrogen-bond acceptors (Lipinski definition) is 4. The monoisotopic (exact) mass is 356 g/mol. The standard InChI is InChI=1S/C17H17ClN6O/c1-12-2-8-15(9-3-12)24-16(21-22-23-24)11-20-17(25)19-10-13-4-6-14(18)7-5-13/h2-9H,10-11H2,1H3,(H2,19,20,25). The Balaban J connectivity index is 1.55. The summed E-state index contributed by atoms with van der Waals surface area (Å²) in [6.45, 7) is 2.64. The Morgan fingerprint density at radius 3 is 2.44 bits per heavy atom. The summed E-state index contributed by atoms with van der Waals surface area (Å²) in [6, 6.07) is 14.8. The second-order valence-corrected chi connectivity index (χ2v) is 5.94. The van der Waals surface area contributed by atoms with E-state index in [1.807, 2.05) is 43.3 Å². The summed E-state index contributed by atoms with van der Waals surface area (Å²) >= 11 is 5.83.